The molecule has 3 aromatic carbocycles. The van der Waals surface area contributed by atoms with Gasteiger partial charge in [-0.2, -0.15) is 0 Å². The van der Waals surface area contributed by atoms with Crippen LogP contribution in [0.1, 0.15) is 27.6 Å². The lowest BCUT2D eigenvalue weighted by Crippen LogP contribution is -2.16. The Balaban J connectivity index is 2.31. The van der Waals surface area contributed by atoms with Gasteiger partial charge in [0.1, 0.15) is 11.3 Å². The fraction of sp³-hybridized carbons (Fsp3) is 0.138. The van der Waals surface area contributed by atoms with E-state index in [1.165, 1.54) is 14.2 Å². The molecule has 176 valence electrons. The third-order valence-corrected chi connectivity index (χ3v) is 5.60. The molecule has 0 saturated heterocycles. The standard InChI is InChI=1S/C29H25NO5/c1-4-35-29(32)25-22(19-12-7-5-8-13-19)24(21-16-11-17-30-18-21)27(33-2)26(28(31)34-3)23(25)20-14-9-6-10-15-20/h5-18H,4H2,1-3H3. The lowest BCUT2D eigenvalue weighted by molar-refractivity contribution is 0.0528. The van der Waals surface area contributed by atoms with E-state index < -0.39 is 11.9 Å². The first-order valence-corrected chi connectivity index (χ1v) is 11.2. The average molecular weight is 468 g/mol. The molecule has 0 atom stereocenters. The van der Waals surface area contributed by atoms with Crippen molar-refractivity contribution in [1.82, 2.24) is 4.98 Å². The SMILES string of the molecule is CCOC(=O)c1c(-c2ccccc2)c(C(=O)OC)c(OC)c(-c2cccnc2)c1-c1ccccc1. The van der Waals surface area contributed by atoms with Gasteiger partial charge in [0.25, 0.3) is 0 Å². The highest BCUT2D eigenvalue weighted by Crippen LogP contribution is 2.49. The summed E-state index contributed by atoms with van der Waals surface area (Å²) in [4.78, 5) is 31.2. The van der Waals surface area contributed by atoms with Crippen molar-refractivity contribution in [3.05, 3.63) is 96.3 Å². The molecule has 1 heterocycles. The third-order valence-electron chi connectivity index (χ3n) is 5.60. The predicted molar refractivity (Wildman–Crippen MR) is 134 cm³/mol. The molecule has 0 aliphatic rings. The second-order valence-corrected chi connectivity index (χ2v) is 7.59. The van der Waals surface area contributed by atoms with Gasteiger partial charge in [-0.05, 0) is 24.1 Å². The summed E-state index contributed by atoms with van der Waals surface area (Å²) in [5.41, 5.74) is 4.02. The van der Waals surface area contributed by atoms with E-state index in [2.05, 4.69) is 4.98 Å². The molecule has 0 radical (unpaired) electrons. The van der Waals surface area contributed by atoms with Gasteiger partial charge in [-0.1, -0.05) is 66.7 Å². The lowest BCUT2D eigenvalue weighted by Gasteiger charge is -2.24. The molecule has 6 heteroatoms. The number of carbonyl (C=O) groups is 2. The van der Waals surface area contributed by atoms with E-state index in [-0.39, 0.29) is 23.5 Å². The van der Waals surface area contributed by atoms with E-state index in [0.29, 0.717) is 27.8 Å². The van der Waals surface area contributed by atoms with Crippen LogP contribution >= 0.6 is 0 Å². The molecule has 6 nitrogen and oxygen atoms in total. The van der Waals surface area contributed by atoms with Crippen LogP contribution in [0.5, 0.6) is 5.75 Å². The molecule has 0 spiro atoms. The first-order chi connectivity index (χ1) is 17.1. The molecule has 0 aliphatic carbocycles. The molecule has 0 bridgehead atoms. The zero-order valence-electron chi connectivity index (χ0n) is 19.8. The number of hydrogen-bond acceptors (Lipinski definition) is 6. The molecule has 0 saturated carbocycles. The molecule has 0 unspecified atom stereocenters. The van der Waals surface area contributed by atoms with Crippen molar-refractivity contribution in [3.8, 4) is 39.1 Å². The van der Waals surface area contributed by atoms with Gasteiger partial charge in [-0.15, -0.1) is 0 Å². The lowest BCUT2D eigenvalue weighted by atomic mass is 9.82. The number of pyridine rings is 1. The van der Waals surface area contributed by atoms with Crippen molar-refractivity contribution >= 4 is 11.9 Å². The molecule has 4 rings (SSSR count). The van der Waals surface area contributed by atoms with Crippen molar-refractivity contribution in [1.29, 1.82) is 0 Å². The highest BCUT2D eigenvalue weighted by Gasteiger charge is 2.34. The van der Waals surface area contributed by atoms with Crippen LogP contribution in [0.25, 0.3) is 33.4 Å². The molecule has 0 fully saturated rings. The summed E-state index contributed by atoms with van der Waals surface area (Å²) < 4.78 is 16.6. The number of carbonyl (C=O) groups excluding carboxylic acids is 2. The number of rotatable bonds is 7. The topological polar surface area (TPSA) is 74.7 Å². The van der Waals surface area contributed by atoms with Gasteiger partial charge in [0, 0.05) is 34.6 Å². The second kappa shape index (κ2) is 10.7. The summed E-state index contributed by atoms with van der Waals surface area (Å²) in [7, 11) is 2.80. The summed E-state index contributed by atoms with van der Waals surface area (Å²) >= 11 is 0. The Kier molecular flexibility index (Phi) is 7.21. The smallest absolute Gasteiger partial charge is 0.342 e. The highest BCUT2D eigenvalue weighted by molar-refractivity contribution is 6.16. The van der Waals surface area contributed by atoms with E-state index in [9.17, 15) is 9.59 Å². The first kappa shape index (κ1) is 23.7. The number of benzene rings is 3. The molecule has 35 heavy (non-hydrogen) atoms. The Labute approximate surface area is 204 Å². The number of nitrogens with zero attached hydrogens (tertiary/aromatic N) is 1. The molecular formula is C29H25NO5. The van der Waals surface area contributed by atoms with Crippen molar-refractivity contribution in [3.63, 3.8) is 0 Å². The molecule has 0 N–H and O–H groups in total. The van der Waals surface area contributed by atoms with Crippen LogP contribution in [-0.2, 0) is 9.47 Å². The Bertz CT molecular complexity index is 1340. The largest absolute Gasteiger partial charge is 0.495 e. The van der Waals surface area contributed by atoms with Crippen LogP contribution in [0.15, 0.2) is 85.2 Å². The van der Waals surface area contributed by atoms with Gasteiger partial charge in [-0.25, -0.2) is 9.59 Å². The van der Waals surface area contributed by atoms with Gasteiger partial charge in [-0.3, -0.25) is 4.98 Å². The van der Waals surface area contributed by atoms with E-state index in [0.717, 1.165) is 5.56 Å². The van der Waals surface area contributed by atoms with Crippen LogP contribution < -0.4 is 4.74 Å². The van der Waals surface area contributed by atoms with Gasteiger partial charge >= 0.3 is 11.9 Å². The summed E-state index contributed by atoms with van der Waals surface area (Å²) in [6.45, 7) is 1.91. The minimum absolute atomic E-state index is 0.141. The summed E-state index contributed by atoms with van der Waals surface area (Å²) in [5, 5.41) is 0. The number of ether oxygens (including phenoxy) is 3. The Morgan fingerprint density at radius 1 is 0.714 bits per heavy atom. The summed E-state index contributed by atoms with van der Waals surface area (Å²) in [6, 6.07) is 22.4. The van der Waals surface area contributed by atoms with E-state index in [4.69, 9.17) is 14.2 Å². The van der Waals surface area contributed by atoms with Crippen molar-refractivity contribution < 1.29 is 23.8 Å². The molecule has 1 aromatic heterocycles. The van der Waals surface area contributed by atoms with E-state index in [1.807, 2.05) is 66.7 Å². The monoisotopic (exact) mass is 467 g/mol. The zero-order chi connectivity index (χ0) is 24.8. The minimum Gasteiger partial charge on any atom is -0.495 e. The Hall–Kier alpha value is -4.45. The van der Waals surface area contributed by atoms with Crippen LogP contribution in [0.4, 0.5) is 0 Å². The average Bonchev–Trinajstić information content (AvgIpc) is 2.92. The summed E-state index contributed by atoms with van der Waals surface area (Å²) in [5.74, 6) is -0.894. The van der Waals surface area contributed by atoms with Crippen molar-refractivity contribution in [2.75, 3.05) is 20.8 Å². The maximum atomic E-state index is 13.6. The van der Waals surface area contributed by atoms with Crippen molar-refractivity contribution in [2.24, 2.45) is 0 Å². The minimum atomic E-state index is -0.629. The molecular weight excluding hydrogens is 442 g/mol. The normalized spacial score (nSPS) is 10.5. The van der Waals surface area contributed by atoms with Gasteiger partial charge < -0.3 is 14.2 Å². The second-order valence-electron chi connectivity index (χ2n) is 7.59. The van der Waals surface area contributed by atoms with Crippen LogP contribution in [0.3, 0.4) is 0 Å². The zero-order valence-corrected chi connectivity index (χ0v) is 19.8. The summed E-state index contributed by atoms with van der Waals surface area (Å²) in [6.07, 6.45) is 3.33. The maximum Gasteiger partial charge on any atom is 0.342 e. The van der Waals surface area contributed by atoms with E-state index in [1.54, 1.807) is 25.4 Å². The predicted octanol–water partition coefficient (Wildman–Crippen LogP) is 6.05. The quantitative estimate of drug-likeness (QED) is 0.308. The molecule has 0 amide bonds. The van der Waals surface area contributed by atoms with Crippen LogP contribution in [0.2, 0.25) is 0 Å². The van der Waals surface area contributed by atoms with Crippen LogP contribution in [0, 0.1) is 0 Å². The molecule has 4 aromatic rings. The van der Waals surface area contributed by atoms with Gasteiger partial charge in [0.2, 0.25) is 0 Å². The fourth-order valence-electron chi connectivity index (χ4n) is 4.21. The Morgan fingerprint density at radius 3 is 1.83 bits per heavy atom. The maximum absolute atomic E-state index is 13.6. The molecule has 0 aliphatic heterocycles. The number of methoxy groups -OCH3 is 2. The highest BCUT2D eigenvalue weighted by atomic mass is 16.5. The number of esters is 2. The fourth-order valence-corrected chi connectivity index (χ4v) is 4.21. The van der Waals surface area contributed by atoms with E-state index >= 15 is 0 Å². The number of hydrogen-bond donors (Lipinski definition) is 0. The Morgan fingerprint density at radius 2 is 1.31 bits per heavy atom. The van der Waals surface area contributed by atoms with Gasteiger partial charge in [0.05, 0.1) is 26.4 Å². The first-order valence-electron chi connectivity index (χ1n) is 11.2. The van der Waals surface area contributed by atoms with Crippen molar-refractivity contribution in [2.45, 2.75) is 6.92 Å². The third kappa shape index (κ3) is 4.51. The number of aromatic nitrogens is 1. The van der Waals surface area contributed by atoms with Gasteiger partial charge in [0.15, 0.2) is 0 Å². The van der Waals surface area contributed by atoms with Crippen LogP contribution in [-0.4, -0.2) is 37.7 Å².